The Morgan fingerprint density at radius 2 is 2.00 bits per heavy atom. The van der Waals surface area contributed by atoms with Crippen LogP contribution in [0.5, 0.6) is 0 Å². The fourth-order valence-corrected chi connectivity index (χ4v) is 3.78. The Morgan fingerprint density at radius 1 is 1.35 bits per heavy atom. The Balaban J connectivity index is 2.56. The van der Waals surface area contributed by atoms with Crippen LogP contribution in [0.15, 0.2) is 11.6 Å². The largest absolute Gasteiger partial charge is 0.458 e. The Kier molecular flexibility index (Phi) is 7.89. The van der Waals surface area contributed by atoms with E-state index >= 15 is 0 Å². The van der Waals surface area contributed by atoms with Gasteiger partial charge in [0.1, 0.15) is 6.61 Å². The summed E-state index contributed by atoms with van der Waals surface area (Å²) in [5, 5.41) is 10.0. The topological polar surface area (TPSA) is 119 Å². The van der Waals surface area contributed by atoms with E-state index in [-0.39, 0.29) is 25.0 Å². The smallest absolute Gasteiger partial charge is 0.350 e. The number of hydrogen-bond acceptors (Lipinski definition) is 9. The summed E-state index contributed by atoms with van der Waals surface area (Å²) in [6, 6.07) is 0. The maximum Gasteiger partial charge on any atom is 0.350 e. The van der Waals surface area contributed by atoms with Crippen LogP contribution in [0.2, 0.25) is 0 Å². The zero-order valence-electron chi connectivity index (χ0n) is 18.5. The number of halogens is 1. The van der Waals surface area contributed by atoms with Gasteiger partial charge in [-0.25, -0.2) is 9.59 Å². The molecular formula is C21H30ClNO8. The van der Waals surface area contributed by atoms with Crippen molar-refractivity contribution in [2.75, 3.05) is 26.7 Å². The van der Waals surface area contributed by atoms with Crippen molar-refractivity contribution in [2.45, 2.75) is 63.2 Å². The number of rotatable bonds is 2. The third-order valence-electron chi connectivity index (χ3n) is 5.97. The fraction of sp³-hybridized carbons (Fsp3) is 0.714. The molecule has 0 aromatic carbocycles. The number of likely N-dealkylation sites (N-methyl/N-ethyl adjacent to an activating group) is 1. The van der Waals surface area contributed by atoms with Crippen molar-refractivity contribution in [1.29, 1.82) is 0 Å². The predicted molar refractivity (Wildman–Crippen MR) is 110 cm³/mol. The maximum absolute atomic E-state index is 13.0. The first-order chi connectivity index (χ1) is 14.3. The fourth-order valence-electron chi connectivity index (χ4n) is 3.61. The first-order valence-corrected chi connectivity index (χ1v) is 10.6. The number of fused-ring (bicyclic) bond motifs is 2. The van der Waals surface area contributed by atoms with Gasteiger partial charge in [-0.3, -0.25) is 9.59 Å². The second-order valence-corrected chi connectivity index (χ2v) is 9.12. The van der Waals surface area contributed by atoms with Crippen LogP contribution in [0.3, 0.4) is 0 Å². The molecule has 2 aliphatic rings. The van der Waals surface area contributed by atoms with Gasteiger partial charge in [0.15, 0.2) is 11.7 Å². The summed E-state index contributed by atoms with van der Waals surface area (Å²) in [7, 11) is 1.83. The normalized spacial score (nSPS) is 36.4. The number of Topliss-reactive ketones (excluding diaryl/α,β-unsaturated/α-hetero) is 1. The molecule has 0 radical (unpaired) electrons. The van der Waals surface area contributed by atoms with E-state index in [1.165, 1.54) is 20.8 Å². The first kappa shape index (κ1) is 25.3. The van der Waals surface area contributed by atoms with Gasteiger partial charge in [-0.2, -0.15) is 0 Å². The summed E-state index contributed by atoms with van der Waals surface area (Å²) in [6.07, 6.45) is 0.292. The summed E-state index contributed by atoms with van der Waals surface area (Å²) in [4.78, 5) is 52.6. The molecule has 2 heterocycles. The number of esters is 3. The van der Waals surface area contributed by atoms with Gasteiger partial charge in [0.2, 0.25) is 11.4 Å². The van der Waals surface area contributed by atoms with Crippen molar-refractivity contribution in [2.24, 2.45) is 5.92 Å². The summed E-state index contributed by atoms with van der Waals surface area (Å²) in [6.45, 7) is 5.95. The predicted octanol–water partition coefficient (Wildman–Crippen LogP) is 0.992. The Morgan fingerprint density at radius 3 is 2.58 bits per heavy atom. The van der Waals surface area contributed by atoms with Crippen molar-refractivity contribution >= 4 is 35.3 Å². The van der Waals surface area contributed by atoms with Gasteiger partial charge in [-0.05, 0) is 27.3 Å². The number of nitrogens with zero attached hydrogens (tertiary/aromatic N) is 1. The average molecular weight is 460 g/mol. The van der Waals surface area contributed by atoms with E-state index in [2.05, 4.69) is 0 Å². The van der Waals surface area contributed by atoms with Crippen molar-refractivity contribution < 1.29 is 38.5 Å². The first-order valence-electron chi connectivity index (χ1n) is 10.2. The highest BCUT2D eigenvalue weighted by molar-refractivity contribution is 6.23. The molecule has 1 fully saturated rings. The second-order valence-electron chi connectivity index (χ2n) is 8.46. The highest BCUT2D eigenvalue weighted by atomic mass is 35.5. The molecule has 5 atom stereocenters. The van der Waals surface area contributed by atoms with Crippen LogP contribution in [0, 0.1) is 5.92 Å². The molecule has 9 nitrogen and oxygen atoms in total. The van der Waals surface area contributed by atoms with Crippen LogP contribution in [-0.2, 0) is 33.4 Å². The van der Waals surface area contributed by atoms with Gasteiger partial charge in [0.05, 0.1) is 5.38 Å². The molecule has 2 rings (SSSR count). The molecule has 10 heteroatoms. The Labute approximate surface area is 186 Å². The molecule has 0 saturated carbocycles. The molecule has 1 saturated heterocycles. The quantitative estimate of drug-likeness (QED) is 0.366. The van der Waals surface area contributed by atoms with Gasteiger partial charge < -0.3 is 24.2 Å². The van der Waals surface area contributed by atoms with Crippen molar-refractivity contribution in [3.05, 3.63) is 11.6 Å². The number of cyclic esters (lactones) is 1. The number of carbonyl (C=O) groups is 4. The van der Waals surface area contributed by atoms with E-state index in [1.54, 1.807) is 6.08 Å². The number of hydrogen-bond donors (Lipinski definition) is 1. The minimum atomic E-state index is -2.24. The molecule has 5 unspecified atom stereocenters. The lowest BCUT2D eigenvalue weighted by molar-refractivity contribution is -0.192. The third-order valence-corrected chi connectivity index (χ3v) is 6.33. The van der Waals surface area contributed by atoms with Gasteiger partial charge in [0.25, 0.3) is 0 Å². The Hall–Kier alpha value is -1.97. The summed E-state index contributed by atoms with van der Waals surface area (Å²) in [5.41, 5.74) is -3.91. The van der Waals surface area contributed by atoms with E-state index in [0.29, 0.717) is 13.1 Å². The minimum Gasteiger partial charge on any atom is -0.458 e. The van der Waals surface area contributed by atoms with Crippen LogP contribution in [0.4, 0.5) is 0 Å². The monoisotopic (exact) mass is 459 g/mol. The third kappa shape index (κ3) is 5.45. The molecule has 0 aromatic heterocycles. The molecule has 0 aliphatic carbocycles. The van der Waals surface area contributed by atoms with Crippen molar-refractivity contribution in [3.63, 3.8) is 0 Å². The van der Waals surface area contributed by atoms with Crippen LogP contribution in [-0.4, -0.2) is 83.1 Å². The standard InChI is InChI=1S/C21H30ClNO8/c1-12-10-21(28,13(2)22)19(27)30-16-7-9-23(5)8-6-15(17(16)25)11-29-18(26)20(12,4)31-14(3)24/h6,12-13,16,28H,7-11H2,1-5H3/b15-6-. The van der Waals surface area contributed by atoms with E-state index in [9.17, 15) is 24.3 Å². The summed E-state index contributed by atoms with van der Waals surface area (Å²) >= 11 is 6.16. The SMILES string of the molecule is CC(=O)OC1(C)C(=O)OC/C2=C/CN(C)CCC(OC(=O)C(O)(C(C)Cl)CC1C)C2=O. The van der Waals surface area contributed by atoms with E-state index in [4.69, 9.17) is 25.8 Å². The van der Waals surface area contributed by atoms with E-state index < -0.39 is 52.3 Å². The van der Waals surface area contributed by atoms with E-state index in [0.717, 1.165) is 6.92 Å². The van der Waals surface area contributed by atoms with Gasteiger partial charge in [-0.1, -0.05) is 13.0 Å². The van der Waals surface area contributed by atoms with Crippen LogP contribution < -0.4 is 0 Å². The zero-order chi connectivity index (χ0) is 23.6. The van der Waals surface area contributed by atoms with Crippen LogP contribution >= 0.6 is 11.6 Å². The molecule has 0 amide bonds. The van der Waals surface area contributed by atoms with Crippen LogP contribution in [0.1, 0.15) is 40.5 Å². The summed E-state index contributed by atoms with van der Waals surface area (Å²) in [5.74, 6) is -4.09. The molecular weight excluding hydrogens is 430 g/mol. The number of ether oxygens (including phenoxy) is 3. The van der Waals surface area contributed by atoms with E-state index in [1.807, 2.05) is 11.9 Å². The lowest BCUT2D eigenvalue weighted by Crippen LogP contribution is -2.56. The minimum absolute atomic E-state index is 0.151. The number of aliphatic hydroxyl groups is 1. The highest BCUT2D eigenvalue weighted by Gasteiger charge is 2.52. The molecule has 2 aliphatic heterocycles. The molecule has 1 N–H and O–H groups in total. The zero-order valence-corrected chi connectivity index (χ0v) is 19.2. The lowest BCUT2D eigenvalue weighted by atomic mass is 9.79. The Bertz CT molecular complexity index is 781. The number of ketones is 1. The van der Waals surface area contributed by atoms with Gasteiger partial charge in [0, 0.05) is 37.9 Å². The summed E-state index contributed by atoms with van der Waals surface area (Å²) < 4.78 is 16.1. The van der Waals surface area contributed by atoms with Crippen molar-refractivity contribution in [3.8, 4) is 0 Å². The maximum atomic E-state index is 13.0. The molecule has 2 bridgehead atoms. The molecule has 31 heavy (non-hydrogen) atoms. The number of alkyl halides is 1. The van der Waals surface area contributed by atoms with Crippen LogP contribution in [0.25, 0.3) is 0 Å². The molecule has 0 aromatic rings. The van der Waals surface area contributed by atoms with Gasteiger partial charge >= 0.3 is 17.9 Å². The molecule has 174 valence electrons. The average Bonchev–Trinajstić information content (AvgIpc) is 2.67. The highest BCUT2D eigenvalue weighted by Crippen LogP contribution is 2.35. The second kappa shape index (κ2) is 9.67. The lowest BCUT2D eigenvalue weighted by Gasteiger charge is -2.39. The van der Waals surface area contributed by atoms with Gasteiger partial charge in [-0.15, -0.1) is 11.6 Å². The molecule has 0 spiro atoms. The van der Waals surface area contributed by atoms with Crippen molar-refractivity contribution in [1.82, 2.24) is 4.90 Å². The number of carbonyl (C=O) groups excluding carboxylic acids is 4.